The molecular formula is C15H17N3O2. The van der Waals surface area contributed by atoms with Crippen LogP contribution in [0.25, 0.3) is 0 Å². The highest BCUT2D eigenvalue weighted by atomic mass is 16.2. The van der Waals surface area contributed by atoms with E-state index in [0.717, 1.165) is 0 Å². The van der Waals surface area contributed by atoms with Gasteiger partial charge < -0.3 is 10.0 Å². The molecular weight excluding hydrogens is 254 g/mol. The molecule has 0 radical (unpaired) electrons. The van der Waals surface area contributed by atoms with Crippen LogP contribution in [-0.4, -0.2) is 41.1 Å². The number of nitriles is 1. The van der Waals surface area contributed by atoms with Crippen molar-refractivity contribution in [3.8, 4) is 17.9 Å². The van der Waals surface area contributed by atoms with Crippen LogP contribution < -0.4 is 0 Å². The van der Waals surface area contributed by atoms with Crippen LogP contribution in [0.15, 0.2) is 18.3 Å². The molecule has 0 aliphatic carbocycles. The van der Waals surface area contributed by atoms with Crippen LogP contribution in [0, 0.1) is 29.1 Å². The predicted octanol–water partition coefficient (Wildman–Crippen LogP) is 1.05. The molecule has 1 heterocycles. The molecule has 0 saturated carbocycles. The van der Waals surface area contributed by atoms with Gasteiger partial charge in [-0.3, -0.25) is 4.79 Å². The highest BCUT2D eigenvalue weighted by Gasteiger charge is 2.15. The van der Waals surface area contributed by atoms with Crippen LogP contribution in [0.3, 0.4) is 0 Å². The monoisotopic (exact) mass is 271 g/mol. The lowest BCUT2D eigenvalue weighted by Crippen LogP contribution is -2.31. The third kappa shape index (κ3) is 4.72. The second kappa shape index (κ2) is 7.93. The Morgan fingerprint density at radius 2 is 2.30 bits per heavy atom. The second-order valence-electron chi connectivity index (χ2n) is 4.42. The van der Waals surface area contributed by atoms with Crippen molar-refractivity contribution in [1.29, 1.82) is 5.26 Å². The summed E-state index contributed by atoms with van der Waals surface area (Å²) in [5, 5.41) is 17.4. The smallest absolute Gasteiger partial charge is 0.272 e. The minimum absolute atomic E-state index is 0.0267. The zero-order chi connectivity index (χ0) is 15.0. The highest BCUT2D eigenvalue weighted by molar-refractivity contribution is 5.92. The number of carbonyl (C=O) groups is 1. The van der Waals surface area contributed by atoms with Gasteiger partial charge >= 0.3 is 0 Å². The largest absolute Gasteiger partial charge is 0.395 e. The maximum atomic E-state index is 12.1. The maximum Gasteiger partial charge on any atom is 0.272 e. The quantitative estimate of drug-likeness (QED) is 0.830. The van der Waals surface area contributed by atoms with Gasteiger partial charge in [0, 0.05) is 31.8 Å². The van der Waals surface area contributed by atoms with Gasteiger partial charge in [0.2, 0.25) is 0 Å². The number of aliphatic hydroxyl groups is 1. The van der Waals surface area contributed by atoms with Gasteiger partial charge in [-0.1, -0.05) is 11.8 Å². The molecule has 1 N–H and O–H groups in total. The van der Waals surface area contributed by atoms with Gasteiger partial charge in [-0.25, -0.2) is 4.98 Å². The van der Waals surface area contributed by atoms with Crippen molar-refractivity contribution < 1.29 is 9.90 Å². The van der Waals surface area contributed by atoms with E-state index < -0.39 is 0 Å². The summed E-state index contributed by atoms with van der Waals surface area (Å²) < 4.78 is 0. The van der Waals surface area contributed by atoms with Crippen LogP contribution in [-0.2, 0) is 0 Å². The summed E-state index contributed by atoms with van der Waals surface area (Å²) in [5.41, 5.74) is 1.02. The Bertz CT molecular complexity index is 549. The number of amides is 1. The summed E-state index contributed by atoms with van der Waals surface area (Å²) in [7, 11) is 1.65. The molecule has 104 valence electrons. The first kappa shape index (κ1) is 15.7. The van der Waals surface area contributed by atoms with Crippen molar-refractivity contribution in [3.05, 3.63) is 29.6 Å². The van der Waals surface area contributed by atoms with Crippen LogP contribution in [0.4, 0.5) is 0 Å². The zero-order valence-corrected chi connectivity index (χ0v) is 11.6. The summed E-state index contributed by atoms with van der Waals surface area (Å²) in [4.78, 5) is 17.6. The fourth-order valence-electron chi connectivity index (χ4n) is 1.54. The first-order valence-corrected chi connectivity index (χ1v) is 6.29. The van der Waals surface area contributed by atoms with E-state index in [1.165, 1.54) is 11.1 Å². The summed E-state index contributed by atoms with van der Waals surface area (Å²) in [6.07, 6.45) is 1.94. The van der Waals surface area contributed by atoms with Crippen molar-refractivity contribution in [2.75, 3.05) is 20.2 Å². The molecule has 1 atom stereocenters. The second-order valence-corrected chi connectivity index (χ2v) is 4.42. The molecule has 0 spiro atoms. The lowest BCUT2D eigenvalue weighted by atomic mass is 10.2. The normalized spacial score (nSPS) is 10.9. The van der Waals surface area contributed by atoms with Gasteiger partial charge in [0.1, 0.15) is 5.69 Å². The third-order valence-corrected chi connectivity index (χ3v) is 2.57. The molecule has 0 bridgehead atoms. The Morgan fingerprint density at radius 1 is 1.55 bits per heavy atom. The standard InChI is InChI=1S/C15H17N3O2/c1-12(9-16)11-18(2)15(20)14-7-6-13(10-17-14)5-3-4-8-19/h6-7,10,12,19H,4,8,11H2,1-2H3. The summed E-state index contributed by atoms with van der Waals surface area (Å²) in [6.45, 7) is 2.16. The number of carbonyl (C=O) groups excluding carboxylic acids is 1. The van der Waals surface area contributed by atoms with E-state index in [9.17, 15) is 4.79 Å². The van der Waals surface area contributed by atoms with E-state index in [-0.39, 0.29) is 18.4 Å². The average Bonchev–Trinajstić information content (AvgIpc) is 2.47. The maximum absolute atomic E-state index is 12.1. The number of pyridine rings is 1. The van der Waals surface area contributed by atoms with Crippen LogP contribution in [0.5, 0.6) is 0 Å². The van der Waals surface area contributed by atoms with Gasteiger partial charge in [0.25, 0.3) is 5.91 Å². The molecule has 1 amide bonds. The molecule has 1 rings (SSSR count). The lowest BCUT2D eigenvalue weighted by Gasteiger charge is -2.17. The van der Waals surface area contributed by atoms with E-state index in [4.69, 9.17) is 10.4 Å². The van der Waals surface area contributed by atoms with Gasteiger partial charge in [-0.05, 0) is 19.1 Å². The average molecular weight is 271 g/mol. The lowest BCUT2D eigenvalue weighted by molar-refractivity contribution is 0.0779. The molecule has 20 heavy (non-hydrogen) atoms. The fraction of sp³-hybridized carbons (Fsp3) is 0.400. The Kier molecular flexibility index (Phi) is 6.22. The van der Waals surface area contributed by atoms with Crippen LogP contribution >= 0.6 is 0 Å². The number of hydrogen-bond acceptors (Lipinski definition) is 4. The molecule has 1 aromatic rings. The van der Waals surface area contributed by atoms with Crippen molar-refractivity contribution in [3.63, 3.8) is 0 Å². The molecule has 0 aliphatic heterocycles. The Balaban J connectivity index is 2.71. The van der Waals surface area contributed by atoms with Crippen molar-refractivity contribution in [1.82, 2.24) is 9.88 Å². The molecule has 1 unspecified atom stereocenters. The number of aliphatic hydroxyl groups excluding tert-OH is 1. The van der Waals surface area contributed by atoms with Gasteiger partial charge in [-0.15, -0.1) is 0 Å². The topological polar surface area (TPSA) is 77.2 Å². The third-order valence-electron chi connectivity index (χ3n) is 2.57. The first-order chi connectivity index (χ1) is 9.58. The van der Waals surface area contributed by atoms with Crippen molar-refractivity contribution >= 4 is 5.91 Å². The fourth-order valence-corrected chi connectivity index (χ4v) is 1.54. The molecule has 0 saturated heterocycles. The van der Waals surface area contributed by atoms with E-state index in [2.05, 4.69) is 22.9 Å². The minimum atomic E-state index is -0.220. The number of aromatic nitrogens is 1. The van der Waals surface area contributed by atoms with Crippen LogP contribution in [0.2, 0.25) is 0 Å². The molecule has 5 nitrogen and oxygen atoms in total. The van der Waals surface area contributed by atoms with Gasteiger partial charge in [-0.2, -0.15) is 5.26 Å². The van der Waals surface area contributed by atoms with Crippen LogP contribution in [0.1, 0.15) is 29.4 Å². The van der Waals surface area contributed by atoms with Gasteiger partial charge in [0.15, 0.2) is 0 Å². The summed E-state index contributed by atoms with van der Waals surface area (Å²) in [6, 6.07) is 5.41. The van der Waals surface area contributed by atoms with Crippen molar-refractivity contribution in [2.45, 2.75) is 13.3 Å². The number of nitrogens with zero attached hydrogens (tertiary/aromatic N) is 3. The van der Waals surface area contributed by atoms with Crippen molar-refractivity contribution in [2.24, 2.45) is 5.92 Å². The Hall–Kier alpha value is -2.37. The predicted molar refractivity (Wildman–Crippen MR) is 74.6 cm³/mol. The molecule has 0 fully saturated rings. The van der Waals surface area contributed by atoms with E-state index in [1.807, 2.05) is 0 Å². The Morgan fingerprint density at radius 3 is 2.85 bits per heavy atom. The zero-order valence-electron chi connectivity index (χ0n) is 11.6. The summed E-state index contributed by atoms with van der Waals surface area (Å²) in [5.74, 6) is 5.19. The molecule has 1 aromatic heterocycles. The SMILES string of the molecule is CC(C#N)CN(C)C(=O)c1ccc(C#CCCO)cn1. The number of rotatable bonds is 4. The highest BCUT2D eigenvalue weighted by Crippen LogP contribution is 2.05. The van der Waals surface area contributed by atoms with E-state index in [1.54, 1.807) is 26.1 Å². The first-order valence-electron chi connectivity index (χ1n) is 6.29. The van der Waals surface area contributed by atoms with E-state index >= 15 is 0 Å². The Labute approximate surface area is 118 Å². The minimum Gasteiger partial charge on any atom is -0.395 e. The van der Waals surface area contributed by atoms with E-state index in [0.29, 0.717) is 24.2 Å². The number of hydrogen-bond donors (Lipinski definition) is 1. The molecule has 0 aliphatic rings. The summed E-state index contributed by atoms with van der Waals surface area (Å²) >= 11 is 0. The molecule has 0 aromatic carbocycles. The molecule has 5 heteroatoms. The van der Waals surface area contributed by atoms with Gasteiger partial charge in [0.05, 0.1) is 18.6 Å².